The molecule has 0 rings (SSSR count). The third-order valence-corrected chi connectivity index (χ3v) is 13.0. The van der Waals surface area contributed by atoms with Gasteiger partial charge in [0.05, 0.1) is 13.2 Å². The maximum atomic E-state index is 12.7. The van der Waals surface area contributed by atoms with Gasteiger partial charge >= 0.3 is 25.7 Å². The number of rotatable bonds is 52. The number of hydrogen-bond acceptors (Lipinski definition) is 9. The van der Waals surface area contributed by atoms with Gasteiger partial charge in [0.25, 0.3) is 0 Å². The number of carbonyl (C=O) groups is 3. The molecule has 0 spiro atoms. The highest BCUT2D eigenvalue weighted by molar-refractivity contribution is 7.47. The zero-order valence-electron chi connectivity index (χ0n) is 43.4. The second kappa shape index (κ2) is 50.8. The second-order valence-electron chi connectivity index (χ2n) is 18.7. The van der Waals surface area contributed by atoms with Crippen LogP contribution >= 0.6 is 7.82 Å². The molecule has 0 radical (unpaired) electrons. The van der Waals surface area contributed by atoms with Gasteiger partial charge in [-0.3, -0.25) is 23.4 Å². The van der Waals surface area contributed by atoms with E-state index in [4.69, 9.17) is 24.8 Å². The Hall–Kier alpha value is -2.56. The monoisotopic (exact) mass is 980 g/mol. The molecule has 0 aromatic carbocycles. The average Bonchev–Trinajstić information content (AvgIpc) is 3.32. The van der Waals surface area contributed by atoms with E-state index < -0.39 is 51.1 Å². The molecule has 3 atom stereocenters. The van der Waals surface area contributed by atoms with E-state index in [1.54, 1.807) is 0 Å². The Morgan fingerprint density at radius 1 is 0.456 bits per heavy atom. The number of nitrogens with two attached hydrogens (primary N) is 1. The summed E-state index contributed by atoms with van der Waals surface area (Å²) >= 11 is 0. The Balaban J connectivity index is 4.26. The van der Waals surface area contributed by atoms with E-state index in [0.717, 1.165) is 38.5 Å². The summed E-state index contributed by atoms with van der Waals surface area (Å²) in [5, 5.41) is 8.93. The van der Waals surface area contributed by atoms with Crippen LogP contribution in [0.2, 0.25) is 0 Å². The van der Waals surface area contributed by atoms with Crippen LogP contribution in [0.3, 0.4) is 0 Å². The SMILES string of the molecule is CCCCCCCCC/C=C/C/C=C/C/C=C/C/C=C/CCCC(=O)OC[C@H](COP(=O)(O)OC[C@H](N)C(=O)O)OC(=O)CCCCCCCCCCCCCCCCCCCCCCCCC. The van der Waals surface area contributed by atoms with E-state index in [2.05, 4.69) is 60.9 Å². The lowest BCUT2D eigenvalue weighted by Crippen LogP contribution is -2.34. The zero-order valence-corrected chi connectivity index (χ0v) is 44.3. The first-order chi connectivity index (χ1) is 33.1. The maximum Gasteiger partial charge on any atom is 0.472 e. The van der Waals surface area contributed by atoms with Gasteiger partial charge in [0.1, 0.15) is 12.6 Å². The fraction of sp³-hybridized carbons (Fsp3) is 0.804. The smallest absolute Gasteiger partial charge is 0.472 e. The van der Waals surface area contributed by atoms with Crippen LogP contribution in [-0.4, -0.2) is 59.9 Å². The minimum Gasteiger partial charge on any atom is -0.480 e. The number of aliphatic carboxylic acids is 1. The van der Waals surface area contributed by atoms with Crippen molar-refractivity contribution in [3.63, 3.8) is 0 Å². The lowest BCUT2D eigenvalue weighted by molar-refractivity contribution is -0.161. The number of ether oxygens (including phenoxy) is 2. The number of unbranched alkanes of at least 4 members (excludes halogenated alkanes) is 30. The maximum absolute atomic E-state index is 12.7. The highest BCUT2D eigenvalue weighted by Crippen LogP contribution is 2.43. The first-order valence-corrected chi connectivity index (χ1v) is 29.2. The molecule has 0 saturated carbocycles. The Kier molecular flexibility index (Phi) is 48.9. The van der Waals surface area contributed by atoms with Crippen molar-refractivity contribution in [2.45, 2.75) is 270 Å². The minimum absolute atomic E-state index is 0.147. The Bertz CT molecular complexity index is 1330. The molecule has 4 N–H and O–H groups in total. The van der Waals surface area contributed by atoms with Crippen LogP contribution in [0.4, 0.5) is 0 Å². The van der Waals surface area contributed by atoms with Gasteiger partial charge in [-0.25, -0.2) is 4.57 Å². The first-order valence-electron chi connectivity index (χ1n) is 27.7. The lowest BCUT2D eigenvalue weighted by Gasteiger charge is -2.20. The van der Waals surface area contributed by atoms with E-state index >= 15 is 0 Å². The molecular formula is C56H102NO10P. The molecule has 0 saturated heterocycles. The Morgan fingerprint density at radius 3 is 1.21 bits per heavy atom. The van der Waals surface area contributed by atoms with Crippen LogP contribution in [0, 0.1) is 0 Å². The van der Waals surface area contributed by atoms with Gasteiger partial charge in [-0.05, 0) is 51.4 Å². The molecule has 0 bridgehead atoms. The van der Waals surface area contributed by atoms with Crippen LogP contribution in [-0.2, 0) is 37.5 Å². The van der Waals surface area contributed by atoms with Gasteiger partial charge in [0.15, 0.2) is 6.10 Å². The predicted octanol–water partition coefficient (Wildman–Crippen LogP) is 16.1. The average molecular weight is 980 g/mol. The van der Waals surface area contributed by atoms with Crippen molar-refractivity contribution in [3.05, 3.63) is 48.6 Å². The van der Waals surface area contributed by atoms with E-state index in [-0.39, 0.29) is 19.4 Å². The van der Waals surface area contributed by atoms with Crippen molar-refractivity contribution < 1.29 is 47.5 Å². The molecule has 0 fully saturated rings. The topological polar surface area (TPSA) is 172 Å². The number of carboxylic acid groups (broad SMARTS) is 1. The zero-order chi connectivity index (χ0) is 49.9. The van der Waals surface area contributed by atoms with Crippen molar-refractivity contribution in [2.24, 2.45) is 5.73 Å². The number of carbonyl (C=O) groups excluding carboxylic acids is 2. The summed E-state index contributed by atoms with van der Waals surface area (Å²) in [6, 6.07) is -1.53. The Morgan fingerprint density at radius 2 is 0.794 bits per heavy atom. The van der Waals surface area contributed by atoms with Crippen LogP contribution in [0.15, 0.2) is 48.6 Å². The van der Waals surface area contributed by atoms with Crippen LogP contribution in [0.1, 0.15) is 258 Å². The fourth-order valence-corrected chi connectivity index (χ4v) is 8.54. The number of allylic oxidation sites excluding steroid dienone is 8. The van der Waals surface area contributed by atoms with Gasteiger partial charge in [0.2, 0.25) is 0 Å². The van der Waals surface area contributed by atoms with Crippen molar-refractivity contribution in [2.75, 3.05) is 19.8 Å². The third kappa shape index (κ3) is 49.8. The van der Waals surface area contributed by atoms with Crippen molar-refractivity contribution >= 4 is 25.7 Å². The molecule has 396 valence electrons. The van der Waals surface area contributed by atoms with Gasteiger partial charge in [-0.2, -0.15) is 0 Å². The summed E-state index contributed by atoms with van der Waals surface area (Å²) in [5.41, 5.74) is 5.36. The number of carboxylic acids is 1. The normalized spacial score (nSPS) is 13.8. The quantitative estimate of drug-likeness (QED) is 0.0229. The second-order valence-corrected chi connectivity index (χ2v) is 20.2. The molecule has 0 aliphatic heterocycles. The molecule has 0 aromatic rings. The van der Waals surface area contributed by atoms with E-state index in [1.807, 2.05) is 6.08 Å². The van der Waals surface area contributed by atoms with Crippen molar-refractivity contribution in [1.82, 2.24) is 0 Å². The molecule has 11 nitrogen and oxygen atoms in total. The predicted molar refractivity (Wildman–Crippen MR) is 282 cm³/mol. The standard InChI is InChI=1S/C56H102NO10P/c1-3-5-7-9-11-13-15-17-19-21-23-25-26-28-30-32-34-36-38-40-42-44-46-48-55(59)67-52(50-65-68(62,63)66-51-53(57)56(60)61)49-64-54(58)47-45-43-41-39-37-35-33-31-29-27-24-22-20-18-16-14-12-10-8-6-4-2/h20,22,27,29,33,35,39,41,52-53H,3-19,21,23-26,28,30-32,34,36-38,40,42-51,57H2,1-2H3,(H,60,61)(H,62,63)/b22-20+,29-27+,35-33+,41-39+/t52-,53+/m1/s1. The number of phosphoric ester groups is 1. The number of phosphoric acid groups is 1. The summed E-state index contributed by atoms with van der Waals surface area (Å²) in [7, 11) is -4.74. The highest BCUT2D eigenvalue weighted by atomic mass is 31.2. The summed E-state index contributed by atoms with van der Waals surface area (Å²) < 4.78 is 32.9. The molecule has 68 heavy (non-hydrogen) atoms. The molecule has 0 aliphatic carbocycles. The highest BCUT2D eigenvalue weighted by Gasteiger charge is 2.28. The molecule has 0 amide bonds. The molecule has 1 unspecified atom stereocenters. The van der Waals surface area contributed by atoms with Gasteiger partial charge in [-0.1, -0.05) is 242 Å². The molecule has 0 aromatic heterocycles. The van der Waals surface area contributed by atoms with E-state index in [9.17, 15) is 23.8 Å². The van der Waals surface area contributed by atoms with Crippen molar-refractivity contribution in [1.29, 1.82) is 0 Å². The number of esters is 2. The Labute approximate surface area is 415 Å². The molecule has 0 aliphatic rings. The van der Waals surface area contributed by atoms with Crippen LogP contribution < -0.4 is 5.73 Å². The number of hydrogen-bond donors (Lipinski definition) is 3. The van der Waals surface area contributed by atoms with Crippen molar-refractivity contribution in [3.8, 4) is 0 Å². The summed E-state index contributed by atoms with van der Waals surface area (Å²) in [4.78, 5) is 46.2. The van der Waals surface area contributed by atoms with Gasteiger partial charge < -0.3 is 25.2 Å². The largest absolute Gasteiger partial charge is 0.480 e. The first kappa shape index (κ1) is 65.4. The van der Waals surface area contributed by atoms with E-state index in [0.29, 0.717) is 19.3 Å². The van der Waals surface area contributed by atoms with Gasteiger partial charge in [-0.15, -0.1) is 0 Å². The van der Waals surface area contributed by atoms with Crippen LogP contribution in [0.25, 0.3) is 0 Å². The summed E-state index contributed by atoms with van der Waals surface area (Å²) in [6.45, 7) is 2.80. The molecular weight excluding hydrogens is 878 g/mol. The molecule has 12 heteroatoms. The van der Waals surface area contributed by atoms with Gasteiger partial charge in [0, 0.05) is 12.8 Å². The summed E-state index contributed by atoms with van der Waals surface area (Å²) in [6.07, 6.45) is 60.5. The lowest BCUT2D eigenvalue weighted by atomic mass is 10.0. The molecule has 0 heterocycles. The van der Waals surface area contributed by atoms with E-state index in [1.165, 1.54) is 173 Å². The summed E-state index contributed by atoms with van der Waals surface area (Å²) in [5.74, 6) is -2.44. The minimum atomic E-state index is -4.74. The fourth-order valence-electron chi connectivity index (χ4n) is 7.77. The third-order valence-electron chi connectivity index (χ3n) is 12.1. The van der Waals surface area contributed by atoms with Crippen LogP contribution in [0.5, 0.6) is 0 Å².